The Bertz CT molecular complexity index is 1470. The number of halogens is 3. The Morgan fingerprint density at radius 3 is 2.72 bits per heavy atom. The number of H-pyrrole nitrogens is 1. The van der Waals surface area contributed by atoms with E-state index in [1.807, 2.05) is 24.3 Å². The first-order valence-corrected chi connectivity index (χ1v) is 12.8. The van der Waals surface area contributed by atoms with E-state index in [0.29, 0.717) is 60.6 Å². The average Bonchev–Trinajstić information content (AvgIpc) is 3.32. The van der Waals surface area contributed by atoms with Crippen LogP contribution in [-0.4, -0.2) is 50.8 Å². The van der Waals surface area contributed by atoms with E-state index in [4.69, 9.17) is 4.74 Å². The number of fused-ring (bicyclic) bond motifs is 2. The van der Waals surface area contributed by atoms with Crippen molar-refractivity contribution in [3.05, 3.63) is 77.9 Å². The van der Waals surface area contributed by atoms with Gasteiger partial charge < -0.3 is 19.7 Å². The van der Waals surface area contributed by atoms with Crippen LogP contribution < -0.4 is 4.74 Å². The van der Waals surface area contributed by atoms with E-state index in [1.54, 1.807) is 19.2 Å². The van der Waals surface area contributed by atoms with Crippen LogP contribution in [0.5, 0.6) is 5.75 Å². The van der Waals surface area contributed by atoms with Gasteiger partial charge in [0, 0.05) is 43.6 Å². The Labute approximate surface area is 223 Å². The summed E-state index contributed by atoms with van der Waals surface area (Å²) in [5, 5.41) is 9.45. The standard InChI is InChI=1S/C29H29F3N4O3/c1-3-19(27-34-23-9-8-21(29(30,31)32)15-24(23)35-27)17-33-18(2)36-12-10-28(11-13-36)16-20(14-26(37)38)22-6-4-5-7-25(22)39-28/h3-9,15,17,20H,2,10-14,16H2,1H3,(H,34,35)(H,37,38)/b19-3+,33-17-. The second-order valence-electron chi connectivity index (χ2n) is 10.0. The lowest BCUT2D eigenvalue weighted by atomic mass is 9.76. The third kappa shape index (κ3) is 5.55. The van der Waals surface area contributed by atoms with E-state index in [1.165, 1.54) is 6.07 Å². The molecule has 10 heteroatoms. The summed E-state index contributed by atoms with van der Waals surface area (Å²) in [7, 11) is 0. The van der Waals surface area contributed by atoms with Crippen LogP contribution in [-0.2, 0) is 11.0 Å². The Morgan fingerprint density at radius 2 is 2.03 bits per heavy atom. The number of nitrogens with one attached hydrogen (secondary N) is 1. The molecule has 0 aliphatic carbocycles. The number of aliphatic carboxylic acids is 1. The van der Waals surface area contributed by atoms with Gasteiger partial charge >= 0.3 is 12.1 Å². The van der Waals surface area contributed by atoms with Crippen molar-refractivity contribution in [2.45, 2.75) is 50.3 Å². The molecule has 2 aromatic carbocycles. The Hall–Kier alpha value is -4.08. The molecule has 3 aromatic rings. The molecule has 0 saturated carbocycles. The third-order valence-corrected chi connectivity index (χ3v) is 7.51. The molecule has 1 aromatic heterocycles. The van der Waals surface area contributed by atoms with E-state index < -0.39 is 23.3 Å². The molecule has 2 aliphatic rings. The number of likely N-dealkylation sites (tertiary alicyclic amines) is 1. The first kappa shape index (κ1) is 26.5. The van der Waals surface area contributed by atoms with E-state index in [-0.39, 0.29) is 12.3 Å². The normalized spacial score (nSPS) is 19.3. The van der Waals surface area contributed by atoms with Crippen LogP contribution in [0.2, 0.25) is 0 Å². The van der Waals surface area contributed by atoms with Crippen LogP contribution in [0.3, 0.4) is 0 Å². The molecule has 2 N–H and O–H groups in total. The zero-order chi connectivity index (χ0) is 27.8. The van der Waals surface area contributed by atoms with Crippen molar-refractivity contribution in [1.29, 1.82) is 0 Å². The number of aliphatic imine (C=N–C) groups is 1. The maximum atomic E-state index is 13.1. The Kier molecular flexibility index (Phi) is 6.96. The van der Waals surface area contributed by atoms with Crippen molar-refractivity contribution in [2.75, 3.05) is 13.1 Å². The number of nitrogens with zero attached hydrogens (tertiary/aromatic N) is 3. The zero-order valence-electron chi connectivity index (χ0n) is 21.5. The summed E-state index contributed by atoms with van der Waals surface area (Å²) in [6, 6.07) is 11.1. The lowest BCUT2D eigenvalue weighted by Gasteiger charge is -2.47. The lowest BCUT2D eigenvalue weighted by molar-refractivity contribution is -0.138. The molecule has 1 atom stereocenters. The fourth-order valence-corrected chi connectivity index (χ4v) is 5.44. The number of carboxylic acids is 1. The minimum absolute atomic E-state index is 0.0638. The van der Waals surface area contributed by atoms with Gasteiger partial charge in [0.05, 0.1) is 23.0 Å². The molecule has 0 radical (unpaired) electrons. The third-order valence-electron chi connectivity index (χ3n) is 7.51. The maximum Gasteiger partial charge on any atom is 0.416 e. The van der Waals surface area contributed by atoms with Crippen molar-refractivity contribution in [1.82, 2.24) is 14.9 Å². The maximum absolute atomic E-state index is 13.1. The number of imidazole rings is 1. The average molecular weight is 539 g/mol. The van der Waals surface area contributed by atoms with Gasteiger partial charge in [-0.05, 0) is 43.2 Å². The second-order valence-corrected chi connectivity index (χ2v) is 10.0. The molecule has 0 amide bonds. The number of benzene rings is 2. The molecule has 7 nitrogen and oxygen atoms in total. The number of piperidine rings is 1. The number of alkyl halides is 3. The van der Waals surface area contributed by atoms with Crippen LogP contribution in [0.4, 0.5) is 13.2 Å². The van der Waals surface area contributed by atoms with E-state index in [0.717, 1.165) is 23.4 Å². The molecule has 5 rings (SSSR count). The predicted molar refractivity (Wildman–Crippen MR) is 143 cm³/mol. The van der Waals surface area contributed by atoms with Crippen LogP contribution in [0.15, 0.2) is 65.9 Å². The lowest BCUT2D eigenvalue weighted by Crippen LogP contribution is -2.50. The highest BCUT2D eigenvalue weighted by atomic mass is 19.4. The van der Waals surface area contributed by atoms with Gasteiger partial charge in [0.25, 0.3) is 0 Å². The predicted octanol–water partition coefficient (Wildman–Crippen LogP) is 6.40. The molecule has 3 heterocycles. The molecule has 1 spiro atoms. The van der Waals surface area contributed by atoms with Crippen LogP contribution in [0, 0.1) is 0 Å². The first-order valence-electron chi connectivity index (χ1n) is 12.8. The topological polar surface area (TPSA) is 90.8 Å². The number of allylic oxidation sites excluding steroid dienone is 2. The van der Waals surface area contributed by atoms with Crippen LogP contribution in [0.1, 0.15) is 55.5 Å². The van der Waals surface area contributed by atoms with E-state index >= 15 is 0 Å². The number of hydrogen-bond acceptors (Lipinski definition) is 5. The number of rotatable bonds is 6. The highest BCUT2D eigenvalue weighted by Gasteiger charge is 2.43. The van der Waals surface area contributed by atoms with Crippen molar-refractivity contribution in [2.24, 2.45) is 4.99 Å². The van der Waals surface area contributed by atoms with Crippen molar-refractivity contribution >= 4 is 28.8 Å². The number of carbonyl (C=O) groups is 1. The highest BCUT2D eigenvalue weighted by molar-refractivity contribution is 6.09. The van der Waals surface area contributed by atoms with Gasteiger partial charge in [-0.1, -0.05) is 30.9 Å². The van der Waals surface area contributed by atoms with Gasteiger partial charge in [0.2, 0.25) is 0 Å². The molecular weight excluding hydrogens is 509 g/mol. The van der Waals surface area contributed by atoms with Gasteiger partial charge in [-0.15, -0.1) is 0 Å². The van der Waals surface area contributed by atoms with Crippen LogP contribution >= 0.6 is 0 Å². The van der Waals surface area contributed by atoms with Gasteiger partial charge in [0.15, 0.2) is 0 Å². The van der Waals surface area contributed by atoms with Crippen molar-refractivity contribution in [3.63, 3.8) is 0 Å². The minimum Gasteiger partial charge on any atom is -0.487 e. The fourth-order valence-electron chi connectivity index (χ4n) is 5.44. The Morgan fingerprint density at radius 1 is 1.28 bits per heavy atom. The number of aromatic amines is 1. The summed E-state index contributed by atoms with van der Waals surface area (Å²) in [5.41, 5.74) is 1.12. The van der Waals surface area contributed by atoms with Crippen molar-refractivity contribution < 1.29 is 27.8 Å². The largest absolute Gasteiger partial charge is 0.487 e. The molecular formula is C29H29F3N4O3. The molecule has 1 unspecified atom stereocenters. The molecule has 0 bridgehead atoms. The summed E-state index contributed by atoms with van der Waals surface area (Å²) >= 11 is 0. The number of carboxylic acid groups (broad SMARTS) is 1. The number of para-hydroxylation sites is 1. The molecule has 2 aliphatic heterocycles. The molecule has 204 valence electrons. The van der Waals surface area contributed by atoms with Gasteiger partial charge in [-0.2, -0.15) is 13.2 Å². The Balaban J connectivity index is 1.25. The van der Waals surface area contributed by atoms with Crippen molar-refractivity contribution in [3.8, 4) is 5.75 Å². The van der Waals surface area contributed by atoms with Gasteiger partial charge in [-0.25, -0.2) is 9.98 Å². The number of ether oxygens (including phenoxy) is 1. The zero-order valence-corrected chi connectivity index (χ0v) is 21.5. The van der Waals surface area contributed by atoms with E-state index in [9.17, 15) is 23.1 Å². The van der Waals surface area contributed by atoms with E-state index in [2.05, 4.69) is 26.4 Å². The summed E-state index contributed by atoms with van der Waals surface area (Å²) in [6.07, 6.45) is 1.06. The SMILES string of the molecule is C=C(/N=C\C(=C/C)c1nc2ccc(C(F)(F)F)cc2[nH]1)N1CCC2(CC1)CC(CC(=O)O)c1ccccc1O2. The van der Waals surface area contributed by atoms with Crippen LogP contribution in [0.25, 0.3) is 16.6 Å². The summed E-state index contributed by atoms with van der Waals surface area (Å²) in [4.78, 5) is 25.5. The molecule has 1 fully saturated rings. The smallest absolute Gasteiger partial charge is 0.416 e. The summed E-state index contributed by atoms with van der Waals surface area (Å²) in [5.74, 6) is 0.800. The fraction of sp³-hybridized carbons (Fsp3) is 0.345. The number of hydrogen-bond donors (Lipinski definition) is 2. The highest BCUT2D eigenvalue weighted by Crippen LogP contribution is 2.46. The summed E-state index contributed by atoms with van der Waals surface area (Å²) in [6.45, 7) is 7.20. The molecule has 39 heavy (non-hydrogen) atoms. The van der Waals surface area contributed by atoms with Gasteiger partial charge in [0.1, 0.15) is 23.0 Å². The quantitative estimate of drug-likeness (QED) is 0.354. The van der Waals surface area contributed by atoms with Gasteiger partial charge in [-0.3, -0.25) is 4.79 Å². The summed E-state index contributed by atoms with van der Waals surface area (Å²) < 4.78 is 45.7. The monoisotopic (exact) mass is 538 g/mol. The molecule has 1 saturated heterocycles. The second kappa shape index (κ2) is 10.2. The first-order chi connectivity index (χ1) is 18.6. The number of aromatic nitrogens is 2. The minimum atomic E-state index is -4.43.